The number of nitrogens with one attached hydrogen (secondary N) is 1. The molecule has 0 aliphatic rings. The van der Waals surface area contributed by atoms with Crippen molar-refractivity contribution in [3.8, 4) is 11.3 Å². The predicted molar refractivity (Wildman–Crippen MR) is 105 cm³/mol. The van der Waals surface area contributed by atoms with Gasteiger partial charge in [-0.05, 0) is 43.2 Å². The van der Waals surface area contributed by atoms with Crippen LogP contribution in [-0.4, -0.2) is 24.5 Å². The minimum Gasteiger partial charge on any atom is -0.481 e. The normalized spacial score (nSPS) is 11.3. The van der Waals surface area contributed by atoms with Crippen LogP contribution in [0.2, 0.25) is 0 Å². The predicted octanol–water partition coefficient (Wildman–Crippen LogP) is 3.94. The lowest BCUT2D eigenvalue weighted by Crippen LogP contribution is -2.13. The third-order valence-corrected chi connectivity index (χ3v) is 6.08. The van der Waals surface area contributed by atoms with E-state index in [1.165, 1.54) is 12.1 Å². The Balaban J connectivity index is 1.71. The fourth-order valence-electron chi connectivity index (χ4n) is 2.51. The highest BCUT2D eigenvalue weighted by Gasteiger charge is 2.14. The Morgan fingerprint density at radius 2 is 1.78 bits per heavy atom. The Morgan fingerprint density at radius 3 is 2.33 bits per heavy atom. The number of carboxylic acids is 1. The van der Waals surface area contributed by atoms with Crippen LogP contribution in [0.25, 0.3) is 11.3 Å². The second kappa shape index (κ2) is 7.89. The molecule has 0 unspecified atom stereocenters. The molecule has 0 spiro atoms. The van der Waals surface area contributed by atoms with Crippen molar-refractivity contribution >= 4 is 33.0 Å². The van der Waals surface area contributed by atoms with Crippen LogP contribution < -0.4 is 4.72 Å². The fourth-order valence-corrected chi connectivity index (χ4v) is 4.19. The van der Waals surface area contributed by atoms with Gasteiger partial charge in [-0.2, -0.15) is 0 Å². The van der Waals surface area contributed by atoms with Gasteiger partial charge in [0.05, 0.1) is 15.6 Å². The van der Waals surface area contributed by atoms with Crippen molar-refractivity contribution in [3.05, 3.63) is 64.5 Å². The van der Waals surface area contributed by atoms with Crippen molar-refractivity contribution in [2.45, 2.75) is 24.7 Å². The molecule has 0 saturated carbocycles. The molecule has 3 aromatic rings. The zero-order chi connectivity index (χ0) is 19.4. The van der Waals surface area contributed by atoms with E-state index in [2.05, 4.69) is 9.71 Å². The quantitative estimate of drug-likeness (QED) is 0.624. The van der Waals surface area contributed by atoms with Crippen molar-refractivity contribution in [3.63, 3.8) is 0 Å². The van der Waals surface area contributed by atoms with Crippen molar-refractivity contribution in [2.75, 3.05) is 4.72 Å². The molecule has 2 N–H and O–H groups in total. The minimum absolute atomic E-state index is 0.00913. The summed E-state index contributed by atoms with van der Waals surface area (Å²) in [7, 11) is -3.71. The first-order chi connectivity index (χ1) is 12.8. The molecule has 0 aliphatic carbocycles. The summed E-state index contributed by atoms with van der Waals surface area (Å²) in [4.78, 5) is 15.1. The maximum absolute atomic E-state index is 12.5. The van der Waals surface area contributed by atoms with Gasteiger partial charge in [-0.1, -0.05) is 24.3 Å². The van der Waals surface area contributed by atoms with Crippen molar-refractivity contribution in [1.29, 1.82) is 0 Å². The molecule has 6 nitrogen and oxygen atoms in total. The van der Waals surface area contributed by atoms with E-state index in [-0.39, 0.29) is 11.3 Å². The van der Waals surface area contributed by atoms with Gasteiger partial charge in [0.15, 0.2) is 0 Å². The average Bonchev–Trinajstić information content (AvgIpc) is 3.07. The van der Waals surface area contributed by atoms with Gasteiger partial charge in [-0.25, -0.2) is 13.4 Å². The molecule has 0 radical (unpaired) electrons. The molecule has 0 aliphatic heterocycles. The first kappa shape index (κ1) is 19.1. The number of thiazole rings is 1. The van der Waals surface area contributed by atoms with Gasteiger partial charge in [-0.15, -0.1) is 11.3 Å². The monoisotopic (exact) mass is 402 g/mol. The third-order valence-electron chi connectivity index (χ3n) is 3.91. The second-order valence-electron chi connectivity index (χ2n) is 5.97. The van der Waals surface area contributed by atoms with Gasteiger partial charge in [-0.3, -0.25) is 9.52 Å². The molecule has 3 rings (SSSR count). The average molecular weight is 402 g/mol. The number of aromatic nitrogens is 1. The highest BCUT2D eigenvalue weighted by atomic mass is 32.2. The highest BCUT2D eigenvalue weighted by molar-refractivity contribution is 7.92. The number of hydrogen-bond acceptors (Lipinski definition) is 5. The van der Waals surface area contributed by atoms with E-state index in [1.54, 1.807) is 35.6 Å². The number of rotatable bonds is 7. The topological polar surface area (TPSA) is 96.4 Å². The van der Waals surface area contributed by atoms with Gasteiger partial charge in [0, 0.05) is 23.1 Å². The molecule has 1 aromatic heterocycles. The summed E-state index contributed by atoms with van der Waals surface area (Å²) >= 11 is 1.56. The summed E-state index contributed by atoms with van der Waals surface area (Å²) in [5.74, 6) is -0.885. The Hall–Kier alpha value is -2.71. The van der Waals surface area contributed by atoms with Gasteiger partial charge < -0.3 is 5.11 Å². The SMILES string of the molecule is Cc1nc(-c2ccc(NS(=O)(=O)c3ccc(CCC(=O)O)cc3)cc2)cs1. The Kier molecular flexibility index (Phi) is 5.57. The number of nitrogens with zero attached hydrogens (tertiary/aromatic N) is 1. The second-order valence-corrected chi connectivity index (χ2v) is 8.72. The fraction of sp³-hybridized carbons (Fsp3) is 0.158. The van der Waals surface area contributed by atoms with Crippen molar-refractivity contribution in [1.82, 2.24) is 4.98 Å². The van der Waals surface area contributed by atoms with Crippen LogP contribution in [0.15, 0.2) is 58.8 Å². The Morgan fingerprint density at radius 1 is 1.11 bits per heavy atom. The van der Waals surface area contributed by atoms with Crippen LogP contribution in [0, 0.1) is 6.92 Å². The molecule has 27 heavy (non-hydrogen) atoms. The zero-order valence-electron chi connectivity index (χ0n) is 14.5. The maximum Gasteiger partial charge on any atom is 0.303 e. The van der Waals surface area contributed by atoms with Crippen LogP contribution in [0.4, 0.5) is 5.69 Å². The zero-order valence-corrected chi connectivity index (χ0v) is 16.2. The number of hydrogen-bond donors (Lipinski definition) is 2. The third kappa shape index (κ3) is 4.93. The molecule has 0 amide bonds. The Labute approximate surface area is 161 Å². The summed E-state index contributed by atoms with van der Waals surface area (Å²) in [6.07, 6.45) is 0.371. The lowest BCUT2D eigenvalue weighted by molar-refractivity contribution is -0.136. The van der Waals surface area contributed by atoms with Crippen LogP contribution in [0.1, 0.15) is 17.0 Å². The molecule has 0 bridgehead atoms. The number of benzene rings is 2. The van der Waals surface area contributed by atoms with E-state index >= 15 is 0 Å². The van der Waals surface area contributed by atoms with Gasteiger partial charge >= 0.3 is 5.97 Å². The lowest BCUT2D eigenvalue weighted by Gasteiger charge is -2.09. The van der Waals surface area contributed by atoms with E-state index in [9.17, 15) is 13.2 Å². The van der Waals surface area contributed by atoms with E-state index in [0.29, 0.717) is 12.1 Å². The number of carboxylic acid groups (broad SMARTS) is 1. The number of aryl methyl sites for hydroxylation is 2. The summed E-state index contributed by atoms with van der Waals surface area (Å²) in [6, 6.07) is 13.3. The molecule has 0 saturated heterocycles. The first-order valence-electron chi connectivity index (χ1n) is 8.19. The molecular weight excluding hydrogens is 384 g/mol. The smallest absolute Gasteiger partial charge is 0.303 e. The van der Waals surface area contributed by atoms with E-state index in [4.69, 9.17) is 5.11 Å². The summed E-state index contributed by atoms with van der Waals surface area (Å²) in [5.41, 5.74) is 3.02. The minimum atomic E-state index is -3.71. The molecule has 2 aromatic carbocycles. The molecule has 140 valence electrons. The number of carbonyl (C=O) groups is 1. The Bertz CT molecular complexity index is 1040. The van der Waals surface area contributed by atoms with E-state index in [0.717, 1.165) is 21.8 Å². The first-order valence-corrected chi connectivity index (χ1v) is 10.6. The molecule has 0 fully saturated rings. The van der Waals surface area contributed by atoms with Crippen LogP contribution in [-0.2, 0) is 21.2 Å². The van der Waals surface area contributed by atoms with Gasteiger partial charge in [0.1, 0.15) is 0 Å². The van der Waals surface area contributed by atoms with Gasteiger partial charge in [0.25, 0.3) is 10.0 Å². The van der Waals surface area contributed by atoms with E-state index < -0.39 is 16.0 Å². The molecule has 0 atom stereocenters. The molecule has 1 heterocycles. The number of aliphatic carboxylic acids is 1. The number of sulfonamides is 1. The van der Waals surface area contributed by atoms with Crippen LogP contribution in [0.5, 0.6) is 0 Å². The van der Waals surface area contributed by atoms with E-state index in [1.807, 2.05) is 24.4 Å². The standard InChI is InChI=1S/C19H18N2O4S2/c1-13-20-18(12-26-13)15-5-7-16(8-6-15)21-27(24,25)17-9-2-14(3-10-17)4-11-19(22)23/h2-3,5-10,12,21H,4,11H2,1H3,(H,22,23). The maximum atomic E-state index is 12.5. The number of anilines is 1. The van der Waals surface area contributed by atoms with Crippen molar-refractivity contribution in [2.24, 2.45) is 0 Å². The summed E-state index contributed by atoms with van der Waals surface area (Å²) in [5, 5.41) is 11.6. The largest absolute Gasteiger partial charge is 0.481 e. The lowest BCUT2D eigenvalue weighted by atomic mass is 10.1. The molecule has 8 heteroatoms. The van der Waals surface area contributed by atoms with Crippen LogP contribution in [0.3, 0.4) is 0 Å². The van der Waals surface area contributed by atoms with Gasteiger partial charge in [0.2, 0.25) is 0 Å². The highest BCUT2D eigenvalue weighted by Crippen LogP contribution is 2.24. The molecular formula is C19H18N2O4S2. The summed E-state index contributed by atoms with van der Waals surface area (Å²) in [6.45, 7) is 1.93. The van der Waals surface area contributed by atoms with Crippen LogP contribution >= 0.6 is 11.3 Å². The van der Waals surface area contributed by atoms with Crippen molar-refractivity contribution < 1.29 is 18.3 Å². The summed E-state index contributed by atoms with van der Waals surface area (Å²) < 4.78 is 27.6.